The van der Waals surface area contributed by atoms with E-state index in [0.29, 0.717) is 12.3 Å². The number of benzene rings is 1. The Hall–Kier alpha value is -2.35. The van der Waals surface area contributed by atoms with Crippen molar-refractivity contribution >= 4 is 5.91 Å². The zero-order valence-electron chi connectivity index (χ0n) is 17.5. The van der Waals surface area contributed by atoms with Crippen LogP contribution in [0.15, 0.2) is 40.8 Å². The average molecular weight is 402 g/mol. The summed E-state index contributed by atoms with van der Waals surface area (Å²) in [6, 6.07) is 11.2. The molecule has 29 heavy (non-hydrogen) atoms. The first-order valence-corrected chi connectivity index (χ1v) is 10.0. The first-order valence-electron chi connectivity index (χ1n) is 10.0. The van der Waals surface area contributed by atoms with E-state index in [1.54, 1.807) is 19.2 Å². The third kappa shape index (κ3) is 6.32. The largest absolute Gasteiger partial charge is 0.486 e. The van der Waals surface area contributed by atoms with Gasteiger partial charge in [0.25, 0.3) is 5.91 Å². The lowest BCUT2D eigenvalue weighted by molar-refractivity contribution is 0.0483. The van der Waals surface area contributed by atoms with E-state index in [2.05, 4.69) is 16.8 Å². The number of aryl methyl sites for hydroxylation is 1. The van der Waals surface area contributed by atoms with Crippen LogP contribution >= 0.6 is 0 Å². The van der Waals surface area contributed by atoms with Crippen molar-refractivity contribution in [2.24, 2.45) is 0 Å². The number of likely N-dealkylation sites (N-methyl/N-ethyl adjacent to an activating group) is 2. The fraction of sp³-hybridized carbons (Fsp3) is 0.500. The maximum atomic E-state index is 12.6. The van der Waals surface area contributed by atoms with E-state index < -0.39 is 6.10 Å². The maximum absolute atomic E-state index is 12.6. The summed E-state index contributed by atoms with van der Waals surface area (Å²) in [4.78, 5) is 18.6. The molecule has 0 saturated carbocycles. The van der Waals surface area contributed by atoms with Gasteiger partial charge in [-0.25, -0.2) is 0 Å². The van der Waals surface area contributed by atoms with Crippen molar-refractivity contribution in [3.63, 3.8) is 0 Å². The molecule has 1 saturated heterocycles. The Kier molecular flexibility index (Phi) is 7.30. The van der Waals surface area contributed by atoms with Gasteiger partial charge in [0.2, 0.25) is 0 Å². The maximum Gasteiger partial charge on any atom is 0.289 e. The van der Waals surface area contributed by atoms with Crippen molar-refractivity contribution in [2.75, 3.05) is 53.4 Å². The topological polar surface area (TPSA) is 69.4 Å². The highest BCUT2D eigenvalue weighted by molar-refractivity contribution is 5.91. The number of rotatable bonds is 8. The number of hydrogen-bond acceptors (Lipinski definition) is 6. The molecule has 1 aromatic heterocycles. The number of piperazine rings is 1. The Morgan fingerprint density at radius 1 is 1.17 bits per heavy atom. The van der Waals surface area contributed by atoms with Gasteiger partial charge < -0.3 is 24.1 Å². The highest BCUT2D eigenvalue weighted by Gasteiger charge is 2.22. The van der Waals surface area contributed by atoms with Crippen LogP contribution in [0, 0.1) is 6.92 Å². The molecule has 1 aliphatic rings. The van der Waals surface area contributed by atoms with E-state index in [1.165, 1.54) is 10.5 Å². The molecule has 1 N–H and O–H groups in total. The number of β-amino-alcohol motifs (C(OH)–C–C–N with tert-alkyl or cyclic N) is 1. The predicted molar refractivity (Wildman–Crippen MR) is 111 cm³/mol. The molecule has 2 heterocycles. The van der Waals surface area contributed by atoms with Crippen LogP contribution in [0.1, 0.15) is 21.9 Å². The van der Waals surface area contributed by atoms with Crippen molar-refractivity contribution < 1.29 is 19.1 Å². The summed E-state index contributed by atoms with van der Waals surface area (Å²) in [6.45, 7) is 6.99. The summed E-state index contributed by atoms with van der Waals surface area (Å²) in [6.07, 6.45) is -0.591. The lowest BCUT2D eigenvalue weighted by Crippen LogP contribution is -2.48. The molecule has 7 heteroatoms. The van der Waals surface area contributed by atoms with Crippen LogP contribution in [0.2, 0.25) is 0 Å². The van der Waals surface area contributed by atoms with Crippen LogP contribution in [0.25, 0.3) is 0 Å². The molecular weight excluding hydrogens is 370 g/mol. The molecule has 1 aromatic carbocycles. The van der Waals surface area contributed by atoms with Crippen molar-refractivity contribution in [2.45, 2.75) is 19.6 Å². The summed E-state index contributed by atoms with van der Waals surface area (Å²) >= 11 is 0. The van der Waals surface area contributed by atoms with E-state index in [4.69, 9.17) is 9.15 Å². The Bertz CT molecular complexity index is 782. The van der Waals surface area contributed by atoms with Gasteiger partial charge in [0.05, 0.1) is 6.10 Å². The second-order valence-electron chi connectivity index (χ2n) is 7.81. The quantitative estimate of drug-likeness (QED) is 0.728. The van der Waals surface area contributed by atoms with Gasteiger partial charge in [-0.3, -0.25) is 9.69 Å². The zero-order chi connectivity index (χ0) is 20.8. The number of ether oxygens (including phenoxy) is 1. The number of aliphatic hydroxyl groups excluding tert-OH is 1. The van der Waals surface area contributed by atoms with Crippen LogP contribution < -0.4 is 4.74 Å². The molecule has 1 amide bonds. The Morgan fingerprint density at radius 3 is 2.55 bits per heavy atom. The van der Waals surface area contributed by atoms with Gasteiger partial charge in [-0.1, -0.05) is 17.7 Å². The number of furan rings is 1. The van der Waals surface area contributed by atoms with Gasteiger partial charge in [-0.15, -0.1) is 0 Å². The van der Waals surface area contributed by atoms with E-state index in [1.807, 2.05) is 31.2 Å². The fourth-order valence-corrected chi connectivity index (χ4v) is 3.33. The number of aliphatic hydroxyl groups is 1. The molecule has 1 fully saturated rings. The van der Waals surface area contributed by atoms with Gasteiger partial charge in [-0.05, 0) is 38.2 Å². The minimum Gasteiger partial charge on any atom is -0.486 e. The van der Waals surface area contributed by atoms with E-state index >= 15 is 0 Å². The Labute approximate surface area is 172 Å². The van der Waals surface area contributed by atoms with E-state index in [9.17, 15) is 9.90 Å². The van der Waals surface area contributed by atoms with Crippen LogP contribution in [-0.4, -0.2) is 85.2 Å². The standard InChI is InChI=1S/C22H31N3O4/c1-17-4-6-19(7-5-17)28-16-20-8-9-21(29-20)22(27)24(3)14-18(26)15-25-12-10-23(2)11-13-25/h4-9,18,26H,10-16H2,1-3H3. The minimum atomic E-state index is -0.591. The van der Waals surface area contributed by atoms with Gasteiger partial charge >= 0.3 is 0 Å². The summed E-state index contributed by atoms with van der Waals surface area (Å²) in [5.41, 5.74) is 1.17. The highest BCUT2D eigenvalue weighted by Crippen LogP contribution is 2.16. The summed E-state index contributed by atoms with van der Waals surface area (Å²) in [5.74, 6) is 1.34. The number of hydrogen-bond donors (Lipinski definition) is 1. The molecule has 0 bridgehead atoms. The van der Waals surface area contributed by atoms with E-state index in [0.717, 1.165) is 31.9 Å². The van der Waals surface area contributed by atoms with Crippen molar-refractivity contribution in [1.82, 2.24) is 14.7 Å². The molecule has 158 valence electrons. The number of amides is 1. The van der Waals surface area contributed by atoms with Crippen LogP contribution in [0.3, 0.4) is 0 Å². The molecule has 1 atom stereocenters. The Morgan fingerprint density at radius 2 is 1.86 bits per heavy atom. The molecule has 0 spiro atoms. The normalized spacial score (nSPS) is 16.6. The number of carbonyl (C=O) groups excluding carboxylic acids is 1. The molecule has 7 nitrogen and oxygen atoms in total. The molecule has 1 aliphatic heterocycles. The van der Waals surface area contributed by atoms with Gasteiger partial charge in [0.15, 0.2) is 5.76 Å². The highest BCUT2D eigenvalue weighted by atomic mass is 16.5. The van der Waals surface area contributed by atoms with Crippen molar-refractivity contribution in [3.8, 4) is 5.75 Å². The second kappa shape index (κ2) is 9.91. The zero-order valence-corrected chi connectivity index (χ0v) is 17.5. The first kappa shape index (κ1) is 21.4. The lowest BCUT2D eigenvalue weighted by Gasteiger charge is -2.34. The van der Waals surface area contributed by atoms with Gasteiger partial charge in [0.1, 0.15) is 18.1 Å². The monoisotopic (exact) mass is 401 g/mol. The fourth-order valence-electron chi connectivity index (χ4n) is 3.33. The Balaban J connectivity index is 1.46. The molecule has 3 rings (SSSR count). The summed E-state index contributed by atoms with van der Waals surface area (Å²) in [5, 5.41) is 10.4. The average Bonchev–Trinajstić information content (AvgIpc) is 3.17. The van der Waals surface area contributed by atoms with Crippen molar-refractivity contribution in [1.29, 1.82) is 0 Å². The molecule has 0 aliphatic carbocycles. The molecule has 2 aromatic rings. The third-order valence-corrected chi connectivity index (χ3v) is 5.17. The van der Waals surface area contributed by atoms with Gasteiger partial charge in [-0.2, -0.15) is 0 Å². The second-order valence-corrected chi connectivity index (χ2v) is 7.81. The smallest absolute Gasteiger partial charge is 0.289 e. The third-order valence-electron chi connectivity index (χ3n) is 5.17. The lowest BCUT2D eigenvalue weighted by atomic mass is 10.2. The number of nitrogens with zero attached hydrogens (tertiary/aromatic N) is 3. The summed E-state index contributed by atoms with van der Waals surface area (Å²) < 4.78 is 11.3. The number of carbonyl (C=O) groups is 1. The SMILES string of the molecule is Cc1ccc(OCc2ccc(C(=O)N(C)CC(O)CN3CCN(C)CC3)o2)cc1. The van der Waals surface area contributed by atoms with Crippen LogP contribution in [0.4, 0.5) is 0 Å². The van der Waals surface area contributed by atoms with Gasteiger partial charge in [0, 0.05) is 46.3 Å². The predicted octanol–water partition coefficient (Wildman–Crippen LogP) is 1.85. The molecule has 1 unspecified atom stereocenters. The van der Waals surface area contributed by atoms with E-state index in [-0.39, 0.29) is 24.8 Å². The molecular formula is C22H31N3O4. The van der Waals surface area contributed by atoms with Crippen molar-refractivity contribution in [3.05, 3.63) is 53.5 Å². The minimum absolute atomic E-state index is 0.246. The first-order chi connectivity index (χ1) is 13.9. The summed E-state index contributed by atoms with van der Waals surface area (Å²) in [7, 11) is 3.78. The van der Waals surface area contributed by atoms with Crippen LogP contribution in [-0.2, 0) is 6.61 Å². The van der Waals surface area contributed by atoms with Crippen LogP contribution in [0.5, 0.6) is 5.75 Å². The molecule has 0 radical (unpaired) electrons.